The predicted octanol–water partition coefficient (Wildman–Crippen LogP) is -12.5. The minimum atomic E-state index is -1.94. The second-order valence-corrected chi connectivity index (χ2v) is 35.3. The molecule has 0 aliphatic carbocycles. The van der Waals surface area contributed by atoms with Gasteiger partial charge in [0.25, 0.3) is 0 Å². The van der Waals surface area contributed by atoms with E-state index in [2.05, 4.69) is 136 Å². The second-order valence-electron chi connectivity index (χ2n) is 33.6. The molecule has 768 valence electrons. The van der Waals surface area contributed by atoms with E-state index in [9.17, 15) is 135 Å². The van der Waals surface area contributed by atoms with Crippen LogP contribution in [0.4, 0.5) is 0 Å². The van der Waals surface area contributed by atoms with Crippen LogP contribution in [0, 0.1) is 29.6 Å². The monoisotopic (exact) mass is 2000 g/mol. The van der Waals surface area contributed by atoms with E-state index in [1.165, 1.54) is 58.9 Å². The number of aromatic amines is 1. The number of nitrogens with one attached hydrogen (secondary N) is 20. The molecule has 57 heteroatoms. The number of carbonyl (C=O) groups is 25. The lowest BCUT2D eigenvalue weighted by molar-refractivity contribution is -0.142. The molecule has 137 heavy (non-hydrogen) atoms. The van der Waals surface area contributed by atoms with Gasteiger partial charge >= 0.3 is 11.9 Å². The molecule has 1 aromatic rings. The van der Waals surface area contributed by atoms with Gasteiger partial charge in [-0.1, -0.05) is 69.2 Å². The third-order valence-corrected chi connectivity index (χ3v) is 20.8. The number of H-pyrrole nitrogens is 1. The van der Waals surface area contributed by atoms with Crippen molar-refractivity contribution in [3.63, 3.8) is 0 Å². The van der Waals surface area contributed by atoms with Gasteiger partial charge in [0, 0.05) is 30.5 Å². The summed E-state index contributed by atoms with van der Waals surface area (Å²) in [6.45, 7) is 12.3. The van der Waals surface area contributed by atoms with Crippen molar-refractivity contribution in [2.45, 2.75) is 243 Å². The van der Waals surface area contributed by atoms with Crippen LogP contribution >= 0.6 is 37.0 Å². The maximum absolute atomic E-state index is 14.0. The molecule has 0 unspecified atom stereocenters. The molecule has 0 spiro atoms. The third-order valence-electron chi connectivity index (χ3n) is 19.5. The number of aliphatic hydroxyl groups is 1. The number of carboxylic acid groups (broad SMARTS) is 2. The van der Waals surface area contributed by atoms with Gasteiger partial charge in [-0.2, -0.15) is 37.0 Å². The summed E-state index contributed by atoms with van der Waals surface area (Å²) in [5.41, 5.74) is 27.6. The number of carboxylic acids is 2. The lowest BCUT2D eigenvalue weighted by Gasteiger charge is -2.27. The summed E-state index contributed by atoms with van der Waals surface area (Å²) in [5.74, 6) is -30.5. The van der Waals surface area contributed by atoms with Crippen molar-refractivity contribution in [3.8, 4) is 0 Å². The second kappa shape index (κ2) is 62.6. The van der Waals surface area contributed by atoms with Gasteiger partial charge in [0.2, 0.25) is 136 Å². The van der Waals surface area contributed by atoms with E-state index in [-0.39, 0.29) is 54.9 Å². The zero-order valence-corrected chi connectivity index (χ0v) is 80.5. The van der Waals surface area contributed by atoms with E-state index in [1.807, 2.05) is 0 Å². The number of amides is 23. The topological polar surface area (TPSA) is 875 Å². The molecule has 16 atom stereocenters. The van der Waals surface area contributed by atoms with Gasteiger partial charge in [-0.3, -0.25) is 115 Å². The number of aliphatic hydroxyl groups excluding tert-OH is 1. The summed E-state index contributed by atoms with van der Waals surface area (Å²) < 4.78 is 0. The zero-order chi connectivity index (χ0) is 105. The first-order valence-electron chi connectivity index (χ1n) is 43.2. The standard InChI is InChI=1S/C80H132N26O28S3/c1-34(2)17-43(72(125)103-53(32-136)77(130)101-50(80(133)134)19-36(5)6)93-58(112)26-87-68(121)47(22-55(83)109)98-73(126)44(18-35(3)4)97-65(118)39(11)92-78(131)63(37(7)8)105-61(115)29-90-67(120)46(21-54(82)108)95-60(114)28-89-70(123)49(24-57(85)111)100-76(129)52(31-135)104-74(127)45(20-40-25-86-33-91-40)94-59(113)27-88-69(122)48(23-56(84)110)99-75(128)51(30-107)102-79(132)64(38(9)10)106-71(124)42(13-14-62(116)117)96-66(119)41(81)15-16-137-12/h25,33-39,41-53,63-64,107,135-136H,13-24,26-32,81H2,1-12H3,(H2,82,108)(H2,83,109)(H2,84,110)(H2,85,111)(H,86,91)(H,87,121)(H,88,122)(H,89,123)(H,90,120)(H,92,131)(H,93,112)(H,94,113)(H,95,114)(H,96,119)(H,97,118)(H,98,126)(H,99,128)(H,100,129)(H,101,130)(H,102,132)(H,103,125)(H,104,127)(H,105,115)(H,106,124)(H,116,117)(H,133,134)/t39-,41-,42-,43-,44-,45-,46-,47-,48-,49-,50-,51-,52-,53-,63-,64-/m0/s1. The molecule has 0 aliphatic heterocycles. The van der Waals surface area contributed by atoms with Crippen LogP contribution in [0.25, 0.3) is 0 Å². The van der Waals surface area contributed by atoms with Crippen molar-refractivity contribution >= 4 is 185 Å². The Kier molecular flexibility index (Phi) is 55.7. The predicted molar refractivity (Wildman–Crippen MR) is 493 cm³/mol. The van der Waals surface area contributed by atoms with Crippen molar-refractivity contribution in [2.24, 2.45) is 58.3 Å². The van der Waals surface area contributed by atoms with Crippen LogP contribution in [-0.4, -0.2) is 326 Å². The minimum Gasteiger partial charge on any atom is -0.481 e. The minimum absolute atomic E-state index is 0.0111. The van der Waals surface area contributed by atoms with Gasteiger partial charge in [0.05, 0.1) is 76.5 Å². The number of aromatic nitrogens is 2. The fraction of sp³-hybridized carbons (Fsp3) is 0.650. The Labute approximate surface area is 803 Å². The highest BCUT2D eigenvalue weighted by atomic mass is 32.2. The first-order valence-corrected chi connectivity index (χ1v) is 45.9. The molecule has 0 saturated carbocycles. The summed E-state index contributed by atoms with van der Waals surface area (Å²) in [6.07, 6.45) is -0.708. The van der Waals surface area contributed by atoms with Crippen molar-refractivity contribution in [1.29, 1.82) is 0 Å². The van der Waals surface area contributed by atoms with E-state index < -0.39 is 340 Å². The van der Waals surface area contributed by atoms with Crippen molar-refractivity contribution in [1.82, 2.24) is 111 Å². The number of imidazole rings is 1. The molecule has 23 amide bonds. The maximum atomic E-state index is 14.0. The lowest BCUT2D eigenvalue weighted by atomic mass is 10.0. The Morgan fingerprint density at radius 2 is 0.679 bits per heavy atom. The average Bonchev–Trinajstić information content (AvgIpc) is 1.41. The van der Waals surface area contributed by atoms with E-state index in [0.29, 0.717) is 5.75 Å². The largest absolute Gasteiger partial charge is 0.481 e. The van der Waals surface area contributed by atoms with Crippen LogP contribution in [0.15, 0.2) is 12.5 Å². The first-order chi connectivity index (χ1) is 64.0. The Bertz CT molecular complexity index is 4400. The van der Waals surface area contributed by atoms with Crippen molar-refractivity contribution in [2.75, 3.05) is 56.3 Å². The highest BCUT2D eigenvalue weighted by Crippen LogP contribution is 2.14. The molecular weight excluding hydrogens is 1870 g/mol. The summed E-state index contributed by atoms with van der Waals surface area (Å²) in [5, 5.41) is 72.7. The third kappa shape index (κ3) is 48.3. The maximum Gasteiger partial charge on any atom is 0.326 e. The van der Waals surface area contributed by atoms with Crippen molar-refractivity contribution in [3.05, 3.63) is 18.2 Å². The number of hydrogen-bond donors (Lipinski definition) is 30. The smallest absolute Gasteiger partial charge is 0.326 e. The van der Waals surface area contributed by atoms with Gasteiger partial charge in [0.1, 0.15) is 90.6 Å². The molecule has 1 rings (SSSR count). The molecule has 0 radical (unpaired) electrons. The SMILES string of the molecule is CSCC[C@H](N)C(=O)N[C@@H](CCC(=O)O)C(=O)N[C@H](C(=O)N[C@@H](CO)C(=O)N[C@@H](CC(N)=O)C(=O)NCC(=O)N[C@@H](Cc1c[nH]cn1)C(=O)N[C@@H](CS)C(=O)N[C@@H](CC(N)=O)C(=O)NCC(=O)N[C@@H](CC(N)=O)C(=O)NCC(=O)N[C@H](C(=O)N[C@@H](C)C(=O)N[C@@H](CC(C)C)C(=O)N[C@@H](CC(N)=O)C(=O)NCC(=O)N[C@@H](CC(C)C)C(=O)N[C@@H](CS)C(=O)N[C@@H](CC(C)C)C(=O)O)C(C)C)C(C)C. The fourth-order valence-corrected chi connectivity index (χ4v) is 13.3. The summed E-state index contributed by atoms with van der Waals surface area (Å²) in [6, 6.07) is -25.3. The lowest BCUT2D eigenvalue weighted by Crippen LogP contribution is -2.61. The molecule has 0 saturated heterocycles. The number of aliphatic carboxylic acids is 2. The number of thiol groups is 2. The first kappa shape index (κ1) is 122. The van der Waals surface area contributed by atoms with E-state index in [1.54, 1.807) is 47.8 Å². The summed E-state index contributed by atoms with van der Waals surface area (Å²) in [7, 11) is 0. The van der Waals surface area contributed by atoms with Crippen LogP contribution in [0.5, 0.6) is 0 Å². The quantitative estimate of drug-likeness (QED) is 0.0269. The van der Waals surface area contributed by atoms with Crippen molar-refractivity contribution < 1.29 is 135 Å². The molecule has 1 heterocycles. The van der Waals surface area contributed by atoms with E-state index in [4.69, 9.17) is 28.7 Å². The van der Waals surface area contributed by atoms with Crippen LogP contribution in [0.3, 0.4) is 0 Å². The van der Waals surface area contributed by atoms with Crippen LogP contribution in [-0.2, 0) is 126 Å². The molecule has 33 N–H and O–H groups in total. The number of rotatable bonds is 66. The van der Waals surface area contributed by atoms with Gasteiger partial charge in [0.15, 0.2) is 0 Å². The highest BCUT2D eigenvalue weighted by Gasteiger charge is 2.39. The molecule has 0 aliphatic rings. The van der Waals surface area contributed by atoms with Crippen LogP contribution in [0.2, 0.25) is 0 Å². The Hall–Kier alpha value is -13.1. The zero-order valence-electron chi connectivity index (χ0n) is 77.9. The number of nitrogens with zero attached hydrogens (tertiary/aromatic N) is 1. The number of carbonyl (C=O) groups excluding carboxylic acids is 23. The summed E-state index contributed by atoms with van der Waals surface area (Å²) >= 11 is 9.65. The van der Waals surface area contributed by atoms with Gasteiger partial charge in [-0.25, -0.2) is 9.78 Å². The van der Waals surface area contributed by atoms with E-state index >= 15 is 0 Å². The number of nitrogens with two attached hydrogens (primary N) is 5. The number of hydrogen-bond acceptors (Lipinski definition) is 31. The molecule has 0 bridgehead atoms. The summed E-state index contributed by atoms with van der Waals surface area (Å²) in [4.78, 5) is 336. The Morgan fingerprint density at radius 1 is 0.365 bits per heavy atom. The molecule has 54 nitrogen and oxygen atoms in total. The Balaban J connectivity index is 3.19. The van der Waals surface area contributed by atoms with Gasteiger partial charge in [-0.15, -0.1) is 0 Å². The highest BCUT2D eigenvalue weighted by molar-refractivity contribution is 7.98. The average molecular weight is 2000 g/mol. The molecule has 0 aromatic carbocycles. The Morgan fingerprint density at radius 3 is 1.04 bits per heavy atom. The van der Waals surface area contributed by atoms with Crippen LogP contribution in [0.1, 0.15) is 146 Å². The molecular formula is C80H132N26O28S3. The van der Waals surface area contributed by atoms with Crippen LogP contribution < -0.4 is 130 Å². The molecule has 0 fully saturated rings. The normalized spacial score (nSPS) is 14.6. The fourth-order valence-electron chi connectivity index (χ4n) is 12.3. The number of thioether (sulfide) groups is 1. The molecule has 1 aromatic heterocycles. The van der Waals surface area contributed by atoms with Gasteiger partial charge in [-0.05, 0) is 80.6 Å². The number of primary amides is 4. The van der Waals surface area contributed by atoms with E-state index in [0.717, 1.165) is 0 Å². The van der Waals surface area contributed by atoms with Gasteiger partial charge < -0.3 is 150 Å².